The molecule has 3 rings (SSSR count). The zero-order valence-corrected chi connectivity index (χ0v) is 15.3. The standard InChI is InChI=1S/C19H24N4O4/c1-2-27-16-10-6-5-9-15(16)23-18(25)12(17(24)22-19(23)26)11-21-14-8-4-3-7-13(14)20/h5-6,9-14H,2-4,7-8,20H2,1H3,(H,22,24,26)/t12-,13+,14+/m0/s1. The largest absolute Gasteiger partial charge is 0.492 e. The molecule has 0 radical (unpaired) electrons. The third-order valence-electron chi connectivity index (χ3n) is 4.82. The molecule has 3 N–H and O–H groups in total. The average molecular weight is 372 g/mol. The van der Waals surface area contributed by atoms with Crippen molar-refractivity contribution < 1.29 is 19.1 Å². The predicted molar refractivity (Wildman–Crippen MR) is 101 cm³/mol. The molecule has 8 heteroatoms. The van der Waals surface area contributed by atoms with Crippen molar-refractivity contribution in [2.45, 2.75) is 44.7 Å². The first-order chi connectivity index (χ1) is 13.0. The third-order valence-corrected chi connectivity index (χ3v) is 4.82. The van der Waals surface area contributed by atoms with Crippen LogP contribution in [0.5, 0.6) is 5.75 Å². The normalized spacial score (nSPS) is 26.4. The summed E-state index contributed by atoms with van der Waals surface area (Å²) in [7, 11) is 0. The van der Waals surface area contributed by atoms with Crippen LogP contribution in [0.3, 0.4) is 0 Å². The summed E-state index contributed by atoms with van der Waals surface area (Å²) in [4.78, 5) is 42.8. The summed E-state index contributed by atoms with van der Waals surface area (Å²) in [5.74, 6) is -2.11. The Morgan fingerprint density at radius 2 is 2.00 bits per heavy atom. The van der Waals surface area contributed by atoms with Crippen LogP contribution in [0, 0.1) is 5.92 Å². The number of nitrogens with zero attached hydrogens (tertiary/aromatic N) is 2. The number of rotatable bonds is 5. The van der Waals surface area contributed by atoms with E-state index in [1.807, 2.05) is 0 Å². The Bertz CT molecular complexity index is 764. The van der Waals surface area contributed by atoms with Crippen molar-refractivity contribution in [3.8, 4) is 5.75 Å². The molecule has 1 aliphatic carbocycles. The SMILES string of the molecule is CCOc1ccccc1N1C(=O)NC(=O)[C@H](C=N[C@@H]2CCCC[C@H]2N)C1=O. The van der Waals surface area contributed by atoms with Gasteiger partial charge in [0.25, 0.3) is 5.91 Å². The van der Waals surface area contributed by atoms with Gasteiger partial charge in [-0.3, -0.25) is 19.9 Å². The van der Waals surface area contributed by atoms with Crippen LogP contribution in [0.25, 0.3) is 0 Å². The lowest BCUT2D eigenvalue weighted by Crippen LogP contribution is -2.58. The quantitative estimate of drug-likeness (QED) is 0.602. The van der Waals surface area contributed by atoms with Gasteiger partial charge in [-0.25, -0.2) is 9.69 Å². The highest BCUT2D eigenvalue weighted by Gasteiger charge is 2.41. The summed E-state index contributed by atoms with van der Waals surface area (Å²) in [6.45, 7) is 2.19. The van der Waals surface area contributed by atoms with Crippen LogP contribution in [0.15, 0.2) is 29.3 Å². The number of hydrogen-bond acceptors (Lipinski definition) is 6. The van der Waals surface area contributed by atoms with Gasteiger partial charge in [0.05, 0.1) is 18.3 Å². The van der Waals surface area contributed by atoms with Crippen molar-refractivity contribution in [1.29, 1.82) is 0 Å². The van der Waals surface area contributed by atoms with Gasteiger partial charge in [0.2, 0.25) is 5.91 Å². The highest BCUT2D eigenvalue weighted by atomic mass is 16.5. The second-order valence-electron chi connectivity index (χ2n) is 6.66. The molecule has 1 saturated heterocycles. The lowest BCUT2D eigenvalue weighted by atomic mass is 9.91. The van der Waals surface area contributed by atoms with Gasteiger partial charge in [0.15, 0.2) is 5.92 Å². The van der Waals surface area contributed by atoms with E-state index in [-0.39, 0.29) is 12.1 Å². The molecule has 1 aromatic rings. The Morgan fingerprint density at radius 1 is 1.26 bits per heavy atom. The maximum absolute atomic E-state index is 12.9. The summed E-state index contributed by atoms with van der Waals surface area (Å²) < 4.78 is 5.51. The molecular formula is C19H24N4O4. The van der Waals surface area contributed by atoms with E-state index in [0.717, 1.165) is 30.6 Å². The van der Waals surface area contributed by atoms with E-state index < -0.39 is 23.8 Å². The highest BCUT2D eigenvalue weighted by molar-refractivity contribution is 6.32. The molecule has 1 saturated carbocycles. The number of imide groups is 2. The van der Waals surface area contributed by atoms with E-state index in [1.54, 1.807) is 31.2 Å². The zero-order valence-electron chi connectivity index (χ0n) is 15.3. The summed E-state index contributed by atoms with van der Waals surface area (Å²) in [6.07, 6.45) is 5.12. The van der Waals surface area contributed by atoms with Crippen LogP contribution in [0.4, 0.5) is 10.5 Å². The van der Waals surface area contributed by atoms with E-state index in [1.165, 1.54) is 6.21 Å². The molecule has 2 fully saturated rings. The lowest BCUT2D eigenvalue weighted by molar-refractivity contribution is -0.131. The van der Waals surface area contributed by atoms with Crippen molar-refractivity contribution in [3.63, 3.8) is 0 Å². The van der Waals surface area contributed by atoms with Crippen LogP contribution in [0.2, 0.25) is 0 Å². The van der Waals surface area contributed by atoms with Crippen molar-refractivity contribution in [2.24, 2.45) is 16.6 Å². The fourth-order valence-corrected chi connectivity index (χ4v) is 3.39. The molecular weight excluding hydrogens is 348 g/mol. The monoisotopic (exact) mass is 372 g/mol. The third kappa shape index (κ3) is 4.00. The Morgan fingerprint density at radius 3 is 2.74 bits per heavy atom. The minimum absolute atomic E-state index is 0.0758. The van der Waals surface area contributed by atoms with Crippen molar-refractivity contribution in [1.82, 2.24) is 5.32 Å². The molecule has 0 spiro atoms. The first kappa shape index (κ1) is 19.0. The molecule has 0 bridgehead atoms. The Labute approximate surface area is 157 Å². The topological polar surface area (TPSA) is 114 Å². The molecule has 1 aromatic carbocycles. The summed E-state index contributed by atoms with van der Waals surface area (Å²) in [5.41, 5.74) is 6.37. The second-order valence-corrected chi connectivity index (χ2v) is 6.66. The molecule has 144 valence electrons. The van der Waals surface area contributed by atoms with Crippen molar-refractivity contribution in [3.05, 3.63) is 24.3 Å². The highest BCUT2D eigenvalue weighted by Crippen LogP contribution is 2.30. The van der Waals surface area contributed by atoms with Crippen molar-refractivity contribution in [2.75, 3.05) is 11.5 Å². The number of para-hydroxylation sites is 2. The molecule has 8 nitrogen and oxygen atoms in total. The van der Waals surface area contributed by atoms with Crippen LogP contribution in [-0.4, -0.2) is 42.8 Å². The number of ether oxygens (including phenoxy) is 1. The first-order valence-corrected chi connectivity index (χ1v) is 9.22. The summed E-state index contributed by atoms with van der Waals surface area (Å²) in [6, 6.07) is 5.73. The second kappa shape index (κ2) is 8.30. The van der Waals surface area contributed by atoms with Crippen LogP contribution in [-0.2, 0) is 9.59 Å². The summed E-state index contributed by atoms with van der Waals surface area (Å²) in [5, 5.41) is 2.23. The van der Waals surface area contributed by atoms with Crippen molar-refractivity contribution >= 4 is 29.7 Å². The van der Waals surface area contributed by atoms with E-state index in [4.69, 9.17) is 10.5 Å². The van der Waals surface area contributed by atoms with Crippen LogP contribution in [0.1, 0.15) is 32.6 Å². The Kier molecular flexibility index (Phi) is 5.85. The maximum Gasteiger partial charge on any atom is 0.335 e. The number of nitrogens with two attached hydrogens (primary N) is 1. The van der Waals surface area contributed by atoms with E-state index in [2.05, 4.69) is 10.3 Å². The number of amides is 4. The molecule has 0 aromatic heterocycles. The number of carbonyl (C=O) groups excluding carboxylic acids is 3. The van der Waals surface area contributed by atoms with E-state index >= 15 is 0 Å². The average Bonchev–Trinajstić information content (AvgIpc) is 2.64. The fraction of sp³-hybridized carbons (Fsp3) is 0.474. The molecule has 1 aliphatic heterocycles. The van der Waals surface area contributed by atoms with Gasteiger partial charge in [-0.1, -0.05) is 25.0 Å². The van der Waals surface area contributed by atoms with Gasteiger partial charge in [0.1, 0.15) is 5.75 Å². The van der Waals surface area contributed by atoms with Gasteiger partial charge in [0, 0.05) is 12.3 Å². The molecule has 0 unspecified atom stereocenters. The molecule has 27 heavy (non-hydrogen) atoms. The number of carbonyl (C=O) groups is 3. The number of benzene rings is 1. The Balaban J connectivity index is 1.86. The van der Waals surface area contributed by atoms with Gasteiger partial charge in [-0.2, -0.15) is 0 Å². The van der Waals surface area contributed by atoms with Crippen LogP contribution < -0.4 is 20.7 Å². The minimum Gasteiger partial charge on any atom is -0.492 e. The molecule has 3 atom stereocenters. The maximum atomic E-state index is 12.9. The van der Waals surface area contributed by atoms with E-state index in [9.17, 15) is 14.4 Å². The van der Waals surface area contributed by atoms with Gasteiger partial charge >= 0.3 is 6.03 Å². The van der Waals surface area contributed by atoms with Gasteiger partial charge in [-0.15, -0.1) is 0 Å². The molecule has 4 amide bonds. The zero-order chi connectivity index (χ0) is 19.4. The Hall–Kier alpha value is -2.74. The van der Waals surface area contributed by atoms with E-state index in [0.29, 0.717) is 18.0 Å². The number of anilines is 1. The smallest absolute Gasteiger partial charge is 0.335 e. The van der Waals surface area contributed by atoms with Crippen LogP contribution >= 0.6 is 0 Å². The lowest BCUT2D eigenvalue weighted by Gasteiger charge is -2.30. The van der Waals surface area contributed by atoms with Gasteiger partial charge in [-0.05, 0) is 31.9 Å². The number of nitrogens with one attached hydrogen (secondary N) is 1. The molecule has 2 aliphatic rings. The fourth-order valence-electron chi connectivity index (χ4n) is 3.39. The minimum atomic E-state index is -1.17. The predicted octanol–water partition coefficient (Wildman–Crippen LogP) is 1.62. The number of urea groups is 1. The summed E-state index contributed by atoms with van der Waals surface area (Å²) >= 11 is 0. The number of hydrogen-bond donors (Lipinski definition) is 2. The first-order valence-electron chi connectivity index (χ1n) is 9.22. The molecule has 1 heterocycles. The number of barbiturate groups is 1. The number of aliphatic imine (C=N–C) groups is 1. The van der Waals surface area contributed by atoms with Gasteiger partial charge < -0.3 is 10.5 Å².